The first kappa shape index (κ1) is 15.7. The van der Waals surface area contributed by atoms with Crippen molar-refractivity contribution in [3.05, 3.63) is 38.3 Å². The molecule has 5 nitrogen and oxygen atoms in total. The number of thiophene rings is 2. The Hall–Kier alpha value is -1.83. The van der Waals surface area contributed by atoms with Crippen LogP contribution in [0, 0.1) is 0 Å². The average Bonchev–Trinajstić information content (AvgIpc) is 3.22. The van der Waals surface area contributed by atoms with Crippen LogP contribution in [-0.4, -0.2) is 29.1 Å². The summed E-state index contributed by atoms with van der Waals surface area (Å²) in [6, 6.07) is 3.90. The summed E-state index contributed by atoms with van der Waals surface area (Å²) in [6.45, 7) is 0.890. The molecule has 0 aliphatic heterocycles. The van der Waals surface area contributed by atoms with Crippen LogP contribution in [-0.2, 0) is 17.7 Å². The lowest BCUT2D eigenvalue weighted by Crippen LogP contribution is -2.25. The molecule has 0 bridgehead atoms. The van der Waals surface area contributed by atoms with E-state index in [1.54, 1.807) is 23.0 Å². The molecule has 0 amide bonds. The van der Waals surface area contributed by atoms with Crippen LogP contribution in [0.2, 0.25) is 0 Å². The third-order valence-corrected chi connectivity index (χ3v) is 6.29. The van der Waals surface area contributed by atoms with E-state index in [0.717, 1.165) is 28.2 Å². The topological polar surface area (TPSA) is 61.2 Å². The van der Waals surface area contributed by atoms with Crippen molar-refractivity contribution in [2.75, 3.05) is 13.7 Å². The van der Waals surface area contributed by atoms with Gasteiger partial charge in [0.2, 0.25) is 0 Å². The number of hydrogen-bond donors (Lipinski definition) is 0. The highest BCUT2D eigenvalue weighted by Gasteiger charge is 2.26. The highest BCUT2D eigenvalue weighted by atomic mass is 32.1. The van der Waals surface area contributed by atoms with Gasteiger partial charge in [0.15, 0.2) is 11.6 Å². The largest absolute Gasteiger partial charge is 0.383 e. The van der Waals surface area contributed by atoms with Gasteiger partial charge in [0, 0.05) is 13.5 Å². The predicted octanol–water partition coefficient (Wildman–Crippen LogP) is 3.35. The molecule has 3 aromatic heterocycles. The Morgan fingerprint density at radius 1 is 1.33 bits per heavy atom. The van der Waals surface area contributed by atoms with Crippen molar-refractivity contribution in [1.29, 1.82) is 0 Å². The van der Waals surface area contributed by atoms with Gasteiger partial charge in [0.1, 0.15) is 4.83 Å². The minimum Gasteiger partial charge on any atom is -0.383 e. The second-order valence-electron chi connectivity index (χ2n) is 5.73. The first-order valence-electron chi connectivity index (χ1n) is 7.83. The van der Waals surface area contributed by atoms with Gasteiger partial charge in [-0.05, 0) is 29.9 Å². The molecule has 0 N–H and O–H groups in total. The molecule has 0 unspecified atom stereocenters. The highest BCUT2D eigenvalue weighted by Crippen LogP contribution is 2.35. The zero-order valence-electron chi connectivity index (χ0n) is 13.2. The smallest absolute Gasteiger partial charge is 0.262 e. The average molecular weight is 360 g/mol. The summed E-state index contributed by atoms with van der Waals surface area (Å²) in [5.74, 6) is 0.797. The van der Waals surface area contributed by atoms with Crippen molar-refractivity contribution in [1.82, 2.24) is 9.55 Å². The molecule has 0 saturated carbocycles. The standard InChI is InChI=1S/C17H16N2O3S2/c1-22-8-7-19-15(12-6-3-9-23-12)18-16-13(17(19)21)10-4-2-5-11(20)14(10)24-16/h3,6,9H,2,4-5,7-8H2,1H3. The van der Waals surface area contributed by atoms with Crippen LogP contribution in [0.25, 0.3) is 20.9 Å². The van der Waals surface area contributed by atoms with Gasteiger partial charge in [-0.1, -0.05) is 6.07 Å². The molecule has 1 aliphatic carbocycles. The van der Waals surface area contributed by atoms with Crippen LogP contribution in [0.1, 0.15) is 28.1 Å². The van der Waals surface area contributed by atoms with Gasteiger partial charge < -0.3 is 4.74 Å². The minimum atomic E-state index is -0.0624. The van der Waals surface area contributed by atoms with Gasteiger partial charge in [0.25, 0.3) is 5.56 Å². The highest BCUT2D eigenvalue weighted by molar-refractivity contribution is 7.20. The fraction of sp³-hybridized carbons (Fsp3) is 0.353. The number of carbonyl (C=O) groups is 1. The number of methoxy groups -OCH3 is 1. The molecule has 0 fully saturated rings. The van der Waals surface area contributed by atoms with Crippen molar-refractivity contribution in [3.63, 3.8) is 0 Å². The molecule has 1 aliphatic rings. The Morgan fingerprint density at radius 3 is 2.96 bits per heavy atom. The molecule has 7 heteroatoms. The number of hydrogen-bond acceptors (Lipinski definition) is 6. The number of ether oxygens (including phenoxy) is 1. The van der Waals surface area contributed by atoms with Gasteiger partial charge in [-0.3, -0.25) is 14.2 Å². The van der Waals surface area contributed by atoms with E-state index in [4.69, 9.17) is 9.72 Å². The lowest BCUT2D eigenvalue weighted by molar-refractivity contribution is 0.0977. The Balaban J connectivity index is 2.02. The summed E-state index contributed by atoms with van der Waals surface area (Å²) in [5.41, 5.74) is 0.834. The molecule has 0 radical (unpaired) electrons. The van der Waals surface area contributed by atoms with E-state index in [1.165, 1.54) is 11.3 Å². The second-order valence-corrected chi connectivity index (χ2v) is 7.68. The molecular weight excluding hydrogens is 344 g/mol. The molecule has 3 heterocycles. The maximum atomic E-state index is 13.2. The zero-order valence-corrected chi connectivity index (χ0v) is 14.8. The van der Waals surface area contributed by atoms with Gasteiger partial charge in [0.05, 0.1) is 28.3 Å². The number of rotatable bonds is 4. The summed E-state index contributed by atoms with van der Waals surface area (Å²) in [6.07, 6.45) is 2.15. The van der Waals surface area contributed by atoms with Crippen LogP contribution >= 0.6 is 22.7 Å². The first-order chi connectivity index (χ1) is 11.7. The number of aryl methyl sites for hydroxylation is 1. The number of nitrogens with zero attached hydrogens (tertiary/aromatic N) is 2. The Morgan fingerprint density at radius 2 is 2.21 bits per heavy atom. The number of fused-ring (bicyclic) bond motifs is 3. The van der Waals surface area contributed by atoms with Gasteiger partial charge in [-0.25, -0.2) is 4.98 Å². The summed E-state index contributed by atoms with van der Waals surface area (Å²) >= 11 is 2.92. The van der Waals surface area contributed by atoms with Crippen molar-refractivity contribution in [2.45, 2.75) is 25.8 Å². The second kappa shape index (κ2) is 6.23. The molecule has 124 valence electrons. The van der Waals surface area contributed by atoms with Crippen LogP contribution < -0.4 is 5.56 Å². The summed E-state index contributed by atoms with van der Waals surface area (Å²) < 4.78 is 6.85. The lowest BCUT2D eigenvalue weighted by Gasteiger charge is -2.12. The van der Waals surface area contributed by atoms with E-state index in [-0.39, 0.29) is 11.3 Å². The third-order valence-electron chi connectivity index (χ3n) is 4.26. The number of carbonyl (C=O) groups excluding carboxylic acids is 1. The fourth-order valence-electron chi connectivity index (χ4n) is 3.13. The minimum absolute atomic E-state index is 0.0624. The molecule has 4 rings (SSSR count). The van der Waals surface area contributed by atoms with Crippen LogP contribution in [0.5, 0.6) is 0 Å². The molecule has 0 saturated heterocycles. The number of ketones is 1. The maximum absolute atomic E-state index is 13.2. The SMILES string of the molecule is COCCn1c(-c2cccs2)nc2sc3c(c2c1=O)CCCC3=O. The van der Waals surface area contributed by atoms with Crippen LogP contribution in [0.4, 0.5) is 0 Å². The van der Waals surface area contributed by atoms with Crippen LogP contribution in [0.15, 0.2) is 22.3 Å². The van der Waals surface area contributed by atoms with Gasteiger partial charge in [-0.15, -0.1) is 22.7 Å². The van der Waals surface area contributed by atoms with Crippen LogP contribution in [0.3, 0.4) is 0 Å². The molecule has 24 heavy (non-hydrogen) atoms. The molecule has 3 aromatic rings. The quantitative estimate of drug-likeness (QED) is 0.716. The Labute approximate surface area is 146 Å². The molecule has 0 atom stereocenters. The Kier molecular flexibility index (Phi) is 4.07. The van der Waals surface area contributed by atoms with E-state index >= 15 is 0 Å². The normalized spacial score (nSPS) is 14.3. The van der Waals surface area contributed by atoms with E-state index in [2.05, 4.69) is 0 Å². The summed E-state index contributed by atoms with van der Waals surface area (Å²) in [7, 11) is 1.62. The summed E-state index contributed by atoms with van der Waals surface area (Å²) in [5, 5.41) is 2.59. The van der Waals surface area contributed by atoms with E-state index in [9.17, 15) is 9.59 Å². The fourth-order valence-corrected chi connectivity index (χ4v) is 5.03. The predicted molar refractivity (Wildman–Crippen MR) is 96.3 cm³/mol. The van der Waals surface area contributed by atoms with Crippen molar-refractivity contribution in [2.24, 2.45) is 0 Å². The van der Waals surface area contributed by atoms with E-state index < -0.39 is 0 Å². The zero-order chi connectivity index (χ0) is 16.7. The first-order valence-corrected chi connectivity index (χ1v) is 9.52. The maximum Gasteiger partial charge on any atom is 0.262 e. The van der Waals surface area contributed by atoms with Gasteiger partial charge >= 0.3 is 0 Å². The number of Topliss-reactive ketones (excluding diaryl/α,β-unsaturated/α-hetero) is 1. The molecular formula is C17H16N2O3S2. The van der Waals surface area contributed by atoms with Crippen molar-refractivity contribution >= 4 is 38.7 Å². The van der Waals surface area contributed by atoms with E-state index in [1.807, 2.05) is 17.5 Å². The third kappa shape index (κ3) is 2.44. The van der Waals surface area contributed by atoms with Gasteiger partial charge in [-0.2, -0.15) is 0 Å². The number of aromatic nitrogens is 2. The Bertz CT molecular complexity index is 970. The van der Waals surface area contributed by atoms with Crippen molar-refractivity contribution in [3.8, 4) is 10.7 Å². The van der Waals surface area contributed by atoms with Crippen molar-refractivity contribution < 1.29 is 9.53 Å². The molecule has 0 aromatic carbocycles. The monoisotopic (exact) mass is 360 g/mol. The summed E-state index contributed by atoms with van der Waals surface area (Å²) in [4.78, 5) is 32.5. The van der Waals surface area contributed by atoms with E-state index in [0.29, 0.717) is 35.6 Å². The lowest BCUT2D eigenvalue weighted by atomic mass is 9.96. The molecule has 0 spiro atoms.